The van der Waals surface area contributed by atoms with E-state index in [9.17, 15) is 13.2 Å². The van der Waals surface area contributed by atoms with Gasteiger partial charge in [0.05, 0.1) is 15.1 Å². The second-order valence-corrected chi connectivity index (χ2v) is 11.9. The first-order valence-corrected chi connectivity index (χ1v) is 14.6. The summed E-state index contributed by atoms with van der Waals surface area (Å²) in [5.74, 6) is -0.172. The fraction of sp³-hybridized carbons (Fsp3) is 0.462. The third kappa shape index (κ3) is 5.43. The van der Waals surface area contributed by atoms with Gasteiger partial charge in [-0.3, -0.25) is 9.69 Å². The van der Waals surface area contributed by atoms with Crippen molar-refractivity contribution in [1.29, 1.82) is 0 Å². The molecule has 188 valence electrons. The van der Waals surface area contributed by atoms with Gasteiger partial charge in [-0.25, -0.2) is 13.4 Å². The van der Waals surface area contributed by atoms with Gasteiger partial charge in [0, 0.05) is 31.7 Å². The molecule has 0 atom stereocenters. The van der Waals surface area contributed by atoms with Crippen molar-refractivity contribution in [3.05, 3.63) is 53.6 Å². The lowest BCUT2D eigenvalue weighted by atomic mass is 10.1. The van der Waals surface area contributed by atoms with Crippen LogP contribution < -0.4 is 4.90 Å². The van der Waals surface area contributed by atoms with Crippen LogP contribution >= 0.6 is 11.3 Å². The van der Waals surface area contributed by atoms with Gasteiger partial charge in [0.1, 0.15) is 0 Å². The summed E-state index contributed by atoms with van der Waals surface area (Å²) in [6, 6.07) is 12.5. The van der Waals surface area contributed by atoms with Crippen molar-refractivity contribution in [1.82, 2.24) is 14.2 Å². The summed E-state index contributed by atoms with van der Waals surface area (Å²) in [4.78, 5) is 22.8. The van der Waals surface area contributed by atoms with Crippen LogP contribution in [0, 0.1) is 0 Å². The predicted molar refractivity (Wildman–Crippen MR) is 143 cm³/mol. The maximum Gasteiger partial charge on any atom is 0.260 e. The van der Waals surface area contributed by atoms with E-state index in [1.807, 2.05) is 12.1 Å². The van der Waals surface area contributed by atoms with E-state index in [0.29, 0.717) is 17.2 Å². The zero-order valence-electron chi connectivity index (χ0n) is 20.9. The maximum atomic E-state index is 13.7. The Balaban J connectivity index is 1.64. The zero-order chi connectivity index (χ0) is 25.2. The van der Waals surface area contributed by atoms with Crippen molar-refractivity contribution >= 4 is 42.6 Å². The van der Waals surface area contributed by atoms with Crippen molar-refractivity contribution < 1.29 is 13.2 Å². The number of likely N-dealkylation sites (N-methyl/N-ethyl adjacent to an activating group) is 1. The fourth-order valence-electron chi connectivity index (χ4n) is 4.19. The van der Waals surface area contributed by atoms with Crippen LogP contribution in [-0.2, 0) is 16.4 Å². The van der Waals surface area contributed by atoms with E-state index in [1.54, 1.807) is 24.1 Å². The summed E-state index contributed by atoms with van der Waals surface area (Å²) in [7, 11) is -1.93. The molecule has 1 saturated carbocycles. The lowest BCUT2D eigenvalue weighted by Gasteiger charge is -2.25. The second kappa shape index (κ2) is 10.7. The quantitative estimate of drug-likeness (QED) is 0.373. The molecule has 1 heterocycles. The van der Waals surface area contributed by atoms with Crippen molar-refractivity contribution in [2.75, 3.05) is 38.1 Å². The van der Waals surface area contributed by atoms with Gasteiger partial charge in [-0.05, 0) is 68.2 Å². The van der Waals surface area contributed by atoms with Gasteiger partial charge in [0.2, 0.25) is 10.0 Å². The van der Waals surface area contributed by atoms with Crippen LogP contribution in [0.3, 0.4) is 0 Å². The minimum atomic E-state index is -3.55. The number of amides is 1. The molecular weight excluding hydrogens is 480 g/mol. The molecule has 4 rings (SSSR count). The minimum Gasteiger partial charge on any atom is -0.302 e. The fourth-order valence-corrected chi connectivity index (χ4v) is 6.64. The number of nitrogens with zero attached hydrogens (tertiary/aromatic N) is 4. The standard InChI is InChI=1S/C26H34N4O3S2/c1-5-19-9-8-10-23-24(19)27-26(34-23)30(18-17-29(6-2)7-3)25(31)20-11-15-22(16-12-20)35(32,33)28(4)21-13-14-21/h8-12,15-16,21H,5-7,13-14,17-18H2,1-4H3. The number of rotatable bonds is 11. The maximum absolute atomic E-state index is 13.7. The molecular formula is C26H34N4O3S2. The summed E-state index contributed by atoms with van der Waals surface area (Å²) in [6.07, 6.45) is 2.67. The number of anilines is 1. The SMILES string of the molecule is CCc1cccc2sc(N(CCN(CC)CC)C(=O)c3ccc(S(=O)(=O)N(C)C4CC4)cc3)nc12. The normalized spacial score (nSPS) is 14.2. The summed E-state index contributed by atoms with van der Waals surface area (Å²) >= 11 is 1.52. The van der Waals surface area contributed by atoms with Gasteiger partial charge in [0.15, 0.2) is 5.13 Å². The highest BCUT2D eigenvalue weighted by atomic mass is 32.2. The lowest BCUT2D eigenvalue weighted by molar-refractivity contribution is 0.0983. The molecule has 1 amide bonds. The van der Waals surface area contributed by atoms with Gasteiger partial charge in [-0.1, -0.05) is 44.2 Å². The van der Waals surface area contributed by atoms with Gasteiger partial charge in [-0.2, -0.15) is 4.31 Å². The van der Waals surface area contributed by atoms with E-state index in [-0.39, 0.29) is 16.8 Å². The number of para-hydroxylation sites is 1. The molecule has 35 heavy (non-hydrogen) atoms. The highest BCUT2D eigenvalue weighted by Gasteiger charge is 2.35. The van der Waals surface area contributed by atoms with Gasteiger partial charge in [0.25, 0.3) is 5.91 Å². The van der Waals surface area contributed by atoms with Crippen molar-refractivity contribution in [2.45, 2.75) is 51.0 Å². The molecule has 1 aliphatic rings. The molecule has 0 aliphatic heterocycles. The second-order valence-electron chi connectivity index (χ2n) is 8.87. The average molecular weight is 515 g/mol. The number of hydrogen-bond donors (Lipinski definition) is 0. The average Bonchev–Trinajstić information content (AvgIpc) is 3.63. The summed E-state index contributed by atoms with van der Waals surface area (Å²) in [5.41, 5.74) is 2.56. The van der Waals surface area contributed by atoms with E-state index in [1.165, 1.54) is 27.8 Å². The van der Waals surface area contributed by atoms with Crippen molar-refractivity contribution in [3.8, 4) is 0 Å². The van der Waals surface area contributed by atoms with Crippen LogP contribution in [0.15, 0.2) is 47.4 Å². The van der Waals surface area contributed by atoms with Gasteiger partial charge >= 0.3 is 0 Å². The molecule has 0 unspecified atom stereocenters. The number of thiazole rings is 1. The summed E-state index contributed by atoms with van der Waals surface area (Å²) in [5, 5.41) is 0.670. The van der Waals surface area contributed by atoms with Crippen molar-refractivity contribution in [2.24, 2.45) is 0 Å². The van der Waals surface area contributed by atoms with E-state index in [4.69, 9.17) is 4.98 Å². The monoisotopic (exact) mass is 514 g/mol. The molecule has 1 aromatic heterocycles. The molecule has 3 aromatic rings. The number of aromatic nitrogens is 1. The topological polar surface area (TPSA) is 73.8 Å². The van der Waals surface area contributed by atoms with E-state index in [0.717, 1.165) is 54.7 Å². The van der Waals surface area contributed by atoms with Crippen molar-refractivity contribution in [3.63, 3.8) is 0 Å². The Hall–Kier alpha value is -2.33. The Bertz CT molecular complexity index is 1280. The van der Waals surface area contributed by atoms with E-state index >= 15 is 0 Å². The number of carbonyl (C=O) groups is 1. The number of aryl methyl sites for hydroxylation is 1. The highest BCUT2D eigenvalue weighted by molar-refractivity contribution is 7.89. The number of sulfonamides is 1. The Morgan fingerprint density at radius 3 is 2.31 bits per heavy atom. The Morgan fingerprint density at radius 1 is 1.03 bits per heavy atom. The number of carbonyl (C=O) groups excluding carboxylic acids is 1. The highest BCUT2D eigenvalue weighted by Crippen LogP contribution is 2.33. The summed E-state index contributed by atoms with van der Waals surface area (Å²) < 4.78 is 28.2. The van der Waals surface area contributed by atoms with Crippen LogP contribution in [0.25, 0.3) is 10.2 Å². The van der Waals surface area contributed by atoms with Crippen LogP contribution in [-0.4, -0.2) is 67.8 Å². The summed E-state index contributed by atoms with van der Waals surface area (Å²) in [6.45, 7) is 9.36. The lowest BCUT2D eigenvalue weighted by Crippen LogP contribution is -2.39. The van der Waals surface area contributed by atoms with Gasteiger partial charge < -0.3 is 4.90 Å². The van der Waals surface area contributed by atoms with E-state index < -0.39 is 10.0 Å². The molecule has 0 spiro atoms. The molecule has 0 bridgehead atoms. The van der Waals surface area contributed by atoms with Crippen LogP contribution in [0.5, 0.6) is 0 Å². The minimum absolute atomic E-state index is 0.0870. The number of benzene rings is 2. The van der Waals surface area contributed by atoms with Crippen LogP contribution in [0.2, 0.25) is 0 Å². The Morgan fingerprint density at radius 2 is 1.71 bits per heavy atom. The Kier molecular flexibility index (Phi) is 7.90. The predicted octanol–water partition coefficient (Wildman–Crippen LogP) is 4.63. The van der Waals surface area contributed by atoms with E-state index in [2.05, 4.69) is 31.7 Å². The third-order valence-electron chi connectivity index (χ3n) is 6.72. The molecule has 0 radical (unpaired) electrons. The molecule has 0 N–H and O–H groups in total. The molecule has 7 nitrogen and oxygen atoms in total. The zero-order valence-corrected chi connectivity index (χ0v) is 22.5. The van der Waals surface area contributed by atoms with Crippen LogP contribution in [0.4, 0.5) is 5.13 Å². The smallest absolute Gasteiger partial charge is 0.260 e. The first-order valence-electron chi connectivity index (χ1n) is 12.3. The molecule has 9 heteroatoms. The molecule has 1 aliphatic carbocycles. The Labute approximate surface area is 212 Å². The third-order valence-corrected chi connectivity index (χ3v) is 9.69. The van der Waals surface area contributed by atoms with Crippen LogP contribution in [0.1, 0.15) is 49.5 Å². The molecule has 2 aromatic carbocycles. The number of fused-ring (bicyclic) bond motifs is 1. The van der Waals surface area contributed by atoms with Gasteiger partial charge in [-0.15, -0.1) is 0 Å². The largest absolute Gasteiger partial charge is 0.302 e. The number of hydrogen-bond acceptors (Lipinski definition) is 6. The molecule has 1 fully saturated rings. The first kappa shape index (κ1) is 25.8. The molecule has 0 saturated heterocycles. The first-order chi connectivity index (χ1) is 16.8.